The van der Waals surface area contributed by atoms with Crippen molar-refractivity contribution in [2.24, 2.45) is 0 Å². The summed E-state index contributed by atoms with van der Waals surface area (Å²) in [7, 11) is 0. The normalized spacial score (nSPS) is 17.2. The van der Waals surface area contributed by atoms with Crippen LogP contribution in [-0.2, 0) is 0 Å². The molecule has 1 fully saturated rings. The smallest absolute Gasteiger partial charge is 0.235 e. The van der Waals surface area contributed by atoms with Gasteiger partial charge in [-0.2, -0.15) is 4.98 Å². The van der Waals surface area contributed by atoms with Gasteiger partial charge >= 0.3 is 0 Å². The van der Waals surface area contributed by atoms with E-state index in [9.17, 15) is 0 Å². The van der Waals surface area contributed by atoms with Crippen molar-refractivity contribution in [1.29, 1.82) is 0 Å². The van der Waals surface area contributed by atoms with Gasteiger partial charge in [-0.05, 0) is 6.07 Å². The maximum Gasteiger partial charge on any atom is 0.235 e. The van der Waals surface area contributed by atoms with E-state index >= 15 is 0 Å². The Morgan fingerprint density at radius 1 is 1.27 bits per heavy atom. The predicted molar refractivity (Wildman–Crippen MR) is 58.1 cm³/mol. The highest BCUT2D eigenvalue weighted by Gasteiger charge is 2.13. The van der Waals surface area contributed by atoms with E-state index in [1.54, 1.807) is 6.20 Å². The molecule has 0 spiro atoms. The zero-order valence-electron chi connectivity index (χ0n) is 8.43. The maximum atomic E-state index is 4.49. The third-order valence-electron chi connectivity index (χ3n) is 2.66. The third-order valence-corrected chi connectivity index (χ3v) is 2.66. The molecule has 5 heteroatoms. The van der Waals surface area contributed by atoms with Crippen LogP contribution in [0.15, 0.2) is 24.7 Å². The average molecular weight is 203 g/mol. The van der Waals surface area contributed by atoms with Crippen LogP contribution in [0.25, 0.3) is 5.78 Å². The molecular weight excluding hydrogens is 190 g/mol. The van der Waals surface area contributed by atoms with Crippen molar-refractivity contribution in [3.05, 3.63) is 24.7 Å². The van der Waals surface area contributed by atoms with E-state index in [1.165, 1.54) is 0 Å². The molecule has 0 radical (unpaired) electrons. The van der Waals surface area contributed by atoms with Crippen molar-refractivity contribution in [2.45, 2.75) is 0 Å². The Hall–Kier alpha value is -1.62. The van der Waals surface area contributed by atoms with Crippen LogP contribution in [0.3, 0.4) is 0 Å². The first-order valence-electron chi connectivity index (χ1n) is 5.19. The Morgan fingerprint density at radius 2 is 2.13 bits per heavy atom. The number of rotatable bonds is 1. The maximum absolute atomic E-state index is 4.49. The highest BCUT2D eigenvalue weighted by Crippen LogP contribution is 2.13. The molecule has 0 unspecified atom stereocenters. The zero-order valence-corrected chi connectivity index (χ0v) is 8.43. The molecule has 0 atom stereocenters. The monoisotopic (exact) mass is 203 g/mol. The standard InChI is InChI=1S/C10H13N5/c1-2-12-10-13-9(8-15(10)5-1)14-6-3-11-4-7-14/h1-2,5,8,11H,3-4,6-7H2. The number of imidazole rings is 1. The number of fused-ring (bicyclic) bond motifs is 1. The molecule has 1 N–H and O–H groups in total. The van der Waals surface area contributed by atoms with E-state index in [0.717, 1.165) is 37.8 Å². The van der Waals surface area contributed by atoms with Gasteiger partial charge in [0, 0.05) is 38.6 Å². The molecule has 78 valence electrons. The van der Waals surface area contributed by atoms with Gasteiger partial charge < -0.3 is 10.2 Å². The minimum absolute atomic E-state index is 0.769. The summed E-state index contributed by atoms with van der Waals surface area (Å²) in [6.07, 6.45) is 5.78. The minimum atomic E-state index is 0.769. The van der Waals surface area contributed by atoms with Gasteiger partial charge in [0.15, 0.2) is 0 Å². The molecule has 1 aliphatic heterocycles. The van der Waals surface area contributed by atoms with Crippen LogP contribution in [0.5, 0.6) is 0 Å². The number of nitrogens with zero attached hydrogens (tertiary/aromatic N) is 4. The molecule has 2 aromatic rings. The summed E-state index contributed by atoms with van der Waals surface area (Å²) in [6, 6.07) is 1.91. The van der Waals surface area contributed by atoms with Crippen LogP contribution >= 0.6 is 0 Å². The lowest BCUT2D eigenvalue weighted by Crippen LogP contribution is -2.43. The summed E-state index contributed by atoms with van der Waals surface area (Å²) in [5.41, 5.74) is 0. The molecule has 1 saturated heterocycles. The average Bonchev–Trinajstić information content (AvgIpc) is 2.74. The Bertz CT molecular complexity index is 425. The van der Waals surface area contributed by atoms with Gasteiger partial charge in [-0.15, -0.1) is 0 Å². The second kappa shape index (κ2) is 3.51. The SMILES string of the molecule is c1cnc2nc(N3CCNCC3)cn2c1. The van der Waals surface area contributed by atoms with Crippen molar-refractivity contribution < 1.29 is 0 Å². The van der Waals surface area contributed by atoms with Crippen molar-refractivity contribution in [2.75, 3.05) is 31.1 Å². The largest absolute Gasteiger partial charge is 0.353 e. The molecule has 0 bridgehead atoms. The summed E-state index contributed by atoms with van der Waals surface area (Å²) in [5, 5.41) is 3.33. The second-order valence-corrected chi connectivity index (χ2v) is 3.66. The van der Waals surface area contributed by atoms with Gasteiger partial charge in [0.2, 0.25) is 5.78 Å². The van der Waals surface area contributed by atoms with Gasteiger partial charge in [-0.3, -0.25) is 4.40 Å². The number of piperazine rings is 1. The van der Waals surface area contributed by atoms with Crippen molar-refractivity contribution in [1.82, 2.24) is 19.7 Å². The molecule has 3 heterocycles. The quantitative estimate of drug-likeness (QED) is 0.716. The lowest BCUT2D eigenvalue weighted by Gasteiger charge is -2.26. The Balaban J connectivity index is 1.96. The van der Waals surface area contributed by atoms with Crippen LogP contribution in [0.4, 0.5) is 5.82 Å². The first-order valence-corrected chi connectivity index (χ1v) is 5.19. The Labute approximate surface area is 87.8 Å². The summed E-state index contributed by atoms with van der Waals surface area (Å²) < 4.78 is 1.96. The Kier molecular flexibility index (Phi) is 2.03. The fourth-order valence-electron chi connectivity index (χ4n) is 1.86. The van der Waals surface area contributed by atoms with Gasteiger partial charge in [0.25, 0.3) is 0 Å². The van der Waals surface area contributed by atoms with Crippen LogP contribution in [0, 0.1) is 0 Å². The van der Waals surface area contributed by atoms with Gasteiger partial charge in [0.05, 0.1) is 6.20 Å². The van der Waals surface area contributed by atoms with Gasteiger partial charge in [0.1, 0.15) is 5.82 Å². The molecule has 5 nitrogen and oxygen atoms in total. The fraction of sp³-hybridized carbons (Fsp3) is 0.400. The number of hydrogen-bond acceptors (Lipinski definition) is 4. The third kappa shape index (κ3) is 1.55. The van der Waals surface area contributed by atoms with Crippen LogP contribution in [0.2, 0.25) is 0 Å². The second-order valence-electron chi connectivity index (χ2n) is 3.66. The van der Waals surface area contributed by atoms with E-state index in [4.69, 9.17) is 0 Å². The minimum Gasteiger partial charge on any atom is -0.353 e. The molecule has 2 aromatic heterocycles. The highest BCUT2D eigenvalue weighted by atomic mass is 15.3. The van der Waals surface area contributed by atoms with Crippen LogP contribution in [-0.4, -0.2) is 40.5 Å². The Morgan fingerprint density at radius 3 is 2.93 bits per heavy atom. The van der Waals surface area contributed by atoms with E-state index in [0.29, 0.717) is 0 Å². The van der Waals surface area contributed by atoms with E-state index in [1.807, 2.05) is 22.9 Å². The van der Waals surface area contributed by atoms with Crippen LogP contribution < -0.4 is 10.2 Å². The molecule has 0 saturated carbocycles. The molecule has 0 aromatic carbocycles. The van der Waals surface area contributed by atoms with Gasteiger partial charge in [-0.25, -0.2) is 4.98 Å². The van der Waals surface area contributed by atoms with Crippen molar-refractivity contribution >= 4 is 11.6 Å². The molecule has 3 rings (SSSR count). The molecule has 0 aliphatic carbocycles. The van der Waals surface area contributed by atoms with E-state index < -0.39 is 0 Å². The van der Waals surface area contributed by atoms with E-state index in [-0.39, 0.29) is 0 Å². The fourth-order valence-corrected chi connectivity index (χ4v) is 1.86. The van der Waals surface area contributed by atoms with Crippen molar-refractivity contribution in [3.63, 3.8) is 0 Å². The first kappa shape index (κ1) is 8.67. The summed E-state index contributed by atoms with van der Waals surface area (Å²) in [4.78, 5) is 11.0. The number of hydrogen-bond donors (Lipinski definition) is 1. The molecule has 0 amide bonds. The number of nitrogens with one attached hydrogen (secondary N) is 1. The predicted octanol–water partition coefficient (Wildman–Crippen LogP) is 0.139. The lowest BCUT2D eigenvalue weighted by molar-refractivity contribution is 0.586. The summed E-state index contributed by atoms with van der Waals surface area (Å²) in [5.74, 6) is 1.79. The topological polar surface area (TPSA) is 45.5 Å². The van der Waals surface area contributed by atoms with Gasteiger partial charge in [-0.1, -0.05) is 0 Å². The summed E-state index contributed by atoms with van der Waals surface area (Å²) in [6.45, 7) is 4.09. The summed E-state index contributed by atoms with van der Waals surface area (Å²) >= 11 is 0. The zero-order chi connectivity index (χ0) is 10.1. The molecule has 1 aliphatic rings. The molecular formula is C10H13N5. The van der Waals surface area contributed by atoms with E-state index in [2.05, 4.69) is 20.2 Å². The first-order chi connectivity index (χ1) is 7.43. The van der Waals surface area contributed by atoms with Crippen molar-refractivity contribution in [3.8, 4) is 0 Å². The molecule has 15 heavy (non-hydrogen) atoms. The number of anilines is 1. The van der Waals surface area contributed by atoms with Crippen LogP contribution in [0.1, 0.15) is 0 Å². The number of aromatic nitrogens is 3. The lowest BCUT2D eigenvalue weighted by atomic mass is 10.4. The highest BCUT2D eigenvalue weighted by molar-refractivity contribution is 5.46.